The molecular formula is C19H26N2. The number of anilines is 1. The second-order valence-electron chi connectivity index (χ2n) is 5.50. The van der Waals surface area contributed by atoms with Gasteiger partial charge in [-0.2, -0.15) is 0 Å². The Kier molecular flexibility index (Phi) is 5.82. The second-order valence-corrected chi connectivity index (χ2v) is 5.50. The lowest BCUT2D eigenvalue weighted by atomic mass is 10.0. The van der Waals surface area contributed by atoms with Gasteiger partial charge in [-0.1, -0.05) is 49.4 Å². The summed E-state index contributed by atoms with van der Waals surface area (Å²) in [6, 6.07) is 20.0. The topological polar surface area (TPSA) is 15.3 Å². The van der Waals surface area contributed by atoms with E-state index in [0.717, 1.165) is 19.4 Å². The zero-order valence-corrected chi connectivity index (χ0v) is 13.3. The van der Waals surface area contributed by atoms with E-state index < -0.39 is 0 Å². The maximum Gasteiger partial charge on any atom is 0.0363 e. The third-order valence-corrected chi connectivity index (χ3v) is 4.07. The maximum absolute atomic E-state index is 3.35. The number of hydrogen-bond acceptors (Lipinski definition) is 2. The van der Waals surface area contributed by atoms with Crippen LogP contribution in [0, 0.1) is 0 Å². The highest BCUT2D eigenvalue weighted by molar-refractivity contribution is 5.47. The largest absolute Gasteiger partial charge is 0.374 e. The van der Waals surface area contributed by atoms with Gasteiger partial charge in [0.05, 0.1) is 0 Å². The van der Waals surface area contributed by atoms with Crippen LogP contribution in [0.25, 0.3) is 0 Å². The molecule has 0 spiro atoms. The zero-order valence-electron chi connectivity index (χ0n) is 13.3. The standard InChI is InChI=1S/C19H26N2/c1-4-19(20-2)17-10-12-18(13-11-17)21(3)15-14-16-8-6-5-7-9-16/h5-13,19-20H,4,14-15H2,1-3H3. The Morgan fingerprint density at radius 3 is 2.24 bits per heavy atom. The molecule has 0 radical (unpaired) electrons. The quantitative estimate of drug-likeness (QED) is 0.824. The molecule has 1 unspecified atom stereocenters. The van der Waals surface area contributed by atoms with E-state index in [1.807, 2.05) is 7.05 Å². The summed E-state index contributed by atoms with van der Waals surface area (Å²) in [5.41, 5.74) is 4.03. The van der Waals surface area contributed by atoms with Crippen LogP contribution in [0.2, 0.25) is 0 Å². The predicted octanol–water partition coefficient (Wildman–Crippen LogP) is 4.04. The molecule has 112 valence electrons. The molecule has 2 rings (SSSR count). The maximum atomic E-state index is 3.35. The van der Waals surface area contributed by atoms with Crippen LogP contribution in [0.15, 0.2) is 54.6 Å². The Morgan fingerprint density at radius 2 is 1.67 bits per heavy atom. The van der Waals surface area contributed by atoms with Gasteiger partial charge in [0.15, 0.2) is 0 Å². The fourth-order valence-electron chi connectivity index (χ4n) is 2.64. The van der Waals surface area contributed by atoms with Gasteiger partial charge in [-0.05, 0) is 43.1 Å². The summed E-state index contributed by atoms with van der Waals surface area (Å²) in [6.45, 7) is 3.24. The normalized spacial score (nSPS) is 12.1. The number of nitrogens with zero attached hydrogens (tertiary/aromatic N) is 1. The van der Waals surface area contributed by atoms with Crippen molar-refractivity contribution in [1.82, 2.24) is 5.32 Å². The average molecular weight is 282 g/mol. The van der Waals surface area contributed by atoms with Crippen LogP contribution in [-0.2, 0) is 6.42 Å². The highest BCUT2D eigenvalue weighted by Gasteiger charge is 2.07. The van der Waals surface area contributed by atoms with Crippen LogP contribution in [0.1, 0.15) is 30.5 Å². The van der Waals surface area contributed by atoms with Crippen LogP contribution >= 0.6 is 0 Å². The molecule has 1 N–H and O–H groups in total. The molecule has 0 fully saturated rings. The molecule has 0 aliphatic heterocycles. The second kappa shape index (κ2) is 7.84. The highest BCUT2D eigenvalue weighted by atomic mass is 15.1. The first-order valence-electron chi connectivity index (χ1n) is 7.77. The van der Waals surface area contributed by atoms with Gasteiger partial charge >= 0.3 is 0 Å². The van der Waals surface area contributed by atoms with E-state index in [4.69, 9.17) is 0 Å². The van der Waals surface area contributed by atoms with Crippen molar-refractivity contribution in [3.63, 3.8) is 0 Å². The lowest BCUT2D eigenvalue weighted by Gasteiger charge is -2.21. The molecular weight excluding hydrogens is 256 g/mol. The van der Waals surface area contributed by atoms with E-state index in [2.05, 4.69) is 78.8 Å². The Hall–Kier alpha value is -1.80. The van der Waals surface area contributed by atoms with Gasteiger partial charge in [0, 0.05) is 25.3 Å². The van der Waals surface area contributed by atoms with Crippen molar-refractivity contribution < 1.29 is 0 Å². The fraction of sp³-hybridized carbons (Fsp3) is 0.368. The molecule has 21 heavy (non-hydrogen) atoms. The lowest BCUT2D eigenvalue weighted by molar-refractivity contribution is 0.577. The van der Waals surface area contributed by atoms with E-state index in [1.54, 1.807) is 0 Å². The van der Waals surface area contributed by atoms with Gasteiger partial charge < -0.3 is 10.2 Å². The van der Waals surface area contributed by atoms with Gasteiger partial charge in [-0.25, -0.2) is 0 Å². The number of likely N-dealkylation sites (N-methyl/N-ethyl adjacent to an activating group) is 1. The predicted molar refractivity (Wildman–Crippen MR) is 91.9 cm³/mol. The van der Waals surface area contributed by atoms with E-state index in [-0.39, 0.29) is 0 Å². The van der Waals surface area contributed by atoms with Gasteiger partial charge in [-0.3, -0.25) is 0 Å². The summed E-state index contributed by atoms with van der Waals surface area (Å²) in [5.74, 6) is 0. The third-order valence-electron chi connectivity index (χ3n) is 4.07. The monoisotopic (exact) mass is 282 g/mol. The Balaban J connectivity index is 1.95. The molecule has 0 aromatic heterocycles. The van der Waals surface area contributed by atoms with E-state index in [0.29, 0.717) is 6.04 Å². The van der Waals surface area contributed by atoms with Gasteiger partial charge in [0.25, 0.3) is 0 Å². The summed E-state index contributed by atoms with van der Waals surface area (Å²) >= 11 is 0. The molecule has 2 nitrogen and oxygen atoms in total. The Labute approximate surface area is 128 Å². The summed E-state index contributed by atoms with van der Waals surface area (Å²) in [7, 11) is 4.18. The van der Waals surface area contributed by atoms with Crippen molar-refractivity contribution >= 4 is 5.69 Å². The SMILES string of the molecule is CCC(NC)c1ccc(N(C)CCc2ccccc2)cc1. The van der Waals surface area contributed by atoms with Crippen LogP contribution in [0.5, 0.6) is 0 Å². The first-order chi connectivity index (χ1) is 10.2. The summed E-state index contributed by atoms with van der Waals surface area (Å²) < 4.78 is 0. The molecule has 0 bridgehead atoms. The van der Waals surface area contributed by atoms with E-state index >= 15 is 0 Å². The van der Waals surface area contributed by atoms with Gasteiger partial charge in [0.1, 0.15) is 0 Å². The van der Waals surface area contributed by atoms with Crippen LogP contribution in [-0.4, -0.2) is 20.6 Å². The van der Waals surface area contributed by atoms with E-state index in [9.17, 15) is 0 Å². The molecule has 0 aliphatic rings. The summed E-state index contributed by atoms with van der Waals surface area (Å²) in [5, 5.41) is 3.35. The zero-order chi connectivity index (χ0) is 15.1. The molecule has 0 heterocycles. The molecule has 2 aromatic rings. The van der Waals surface area contributed by atoms with Crippen LogP contribution in [0.4, 0.5) is 5.69 Å². The van der Waals surface area contributed by atoms with Crippen LogP contribution < -0.4 is 10.2 Å². The molecule has 0 aliphatic carbocycles. The molecule has 0 amide bonds. The number of rotatable bonds is 7. The Bertz CT molecular complexity index is 515. The van der Waals surface area contributed by atoms with E-state index in [1.165, 1.54) is 16.8 Å². The molecule has 2 aromatic carbocycles. The van der Waals surface area contributed by atoms with Crippen molar-refractivity contribution in [2.24, 2.45) is 0 Å². The van der Waals surface area contributed by atoms with Gasteiger partial charge in [0.2, 0.25) is 0 Å². The van der Waals surface area contributed by atoms with Gasteiger partial charge in [-0.15, -0.1) is 0 Å². The average Bonchev–Trinajstić information content (AvgIpc) is 2.55. The number of hydrogen-bond donors (Lipinski definition) is 1. The number of benzene rings is 2. The number of nitrogens with one attached hydrogen (secondary N) is 1. The van der Waals surface area contributed by atoms with Crippen LogP contribution in [0.3, 0.4) is 0 Å². The first kappa shape index (κ1) is 15.6. The highest BCUT2D eigenvalue weighted by Crippen LogP contribution is 2.20. The first-order valence-corrected chi connectivity index (χ1v) is 7.77. The molecule has 0 saturated heterocycles. The minimum atomic E-state index is 0.452. The molecule has 0 saturated carbocycles. The summed E-state index contributed by atoms with van der Waals surface area (Å²) in [6.07, 6.45) is 2.19. The minimum Gasteiger partial charge on any atom is -0.374 e. The lowest BCUT2D eigenvalue weighted by Crippen LogP contribution is -2.20. The van der Waals surface area contributed by atoms with Crippen molar-refractivity contribution in [1.29, 1.82) is 0 Å². The summed E-state index contributed by atoms with van der Waals surface area (Å²) in [4.78, 5) is 2.32. The van der Waals surface area contributed by atoms with Crippen molar-refractivity contribution in [2.45, 2.75) is 25.8 Å². The molecule has 2 heteroatoms. The van der Waals surface area contributed by atoms with Crippen molar-refractivity contribution in [3.05, 3.63) is 65.7 Å². The fourth-order valence-corrected chi connectivity index (χ4v) is 2.64. The third kappa shape index (κ3) is 4.33. The smallest absolute Gasteiger partial charge is 0.0363 e. The minimum absolute atomic E-state index is 0.452. The van der Waals surface area contributed by atoms with Crippen molar-refractivity contribution in [2.75, 3.05) is 25.5 Å². The molecule has 1 atom stereocenters. The Morgan fingerprint density at radius 1 is 1.00 bits per heavy atom. The van der Waals surface area contributed by atoms with Crippen molar-refractivity contribution in [3.8, 4) is 0 Å².